The van der Waals surface area contributed by atoms with E-state index in [0.29, 0.717) is 45.2 Å². The lowest BCUT2D eigenvalue weighted by Crippen LogP contribution is -2.45. The van der Waals surface area contributed by atoms with Crippen molar-refractivity contribution in [3.8, 4) is 23.0 Å². The molecule has 0 saturated heterocycles. The largest absolute Gasteiger partial charge is 0.493 e. The second kappa shape index (κ2) is 16.4. The number of urea groups is 1. The standard InChI is InChI=1S/C29H35BrN4O10/c1-6-41-21-11-17(26-25(28(37)40-5)16(3)32-29(38)33-26)8-9-20(21)43-14-23(35)34-31-13-18-10-19(30)12-22(39-4)27(18)44-15-24(36)42-7-2/h8-13,23,26,34-35H,6-7,14-15H2,1-5H3,(H2,32,33,38)/b31-13+/t23-,26-/m0/s1. The lowest BCUT2D eigenvalue weighted by atomic mass is 9.95. The first kappa shape index (κ1) is 34.0. The minimum Gasteiger partial charge on any atom is -0.493 e. The van der Waals surface area contributed by atoms with Gasteiger partial charge in [-0.15, -0.1) is 0 Å². The van der Waals surface area contributed by atoms with Crippen molar-refractivity contribution in [3.63, 3.8) is 0 Å². The summed E-state index contributed by atoms with van der Waals surface area (Å²) in [5, 5.41) is 19.9. The maximum atomic E-state index is 12.4. The minimum absolute atomic E-state index is 0.220. The van der Waals surface area contributed by atoms with Gasteiger partial charge < -0.3 is 44.2 Å². The molecule has 0 radical (unpaired) electrons. The van der Waals surface area contributed by atoms with Crippen molar-refractivity contribution in [2.75, 3.05) is 40.6 Å². The lowest BCUT2D eigenvalue weighted by Gasteiger charge is -2.28. The van der Waals surface area contributed by atoms with E-state index in [-0.39, 0.29) is 31.1 Å². The van der Waals surface area contributed by atoms with Gasteiger partial charge in [-0.1, -0.05) is 22.0 Å². The molecular weight excluding hydrogens is 644 g/mol. The smallest absolute Gasteiger partial charge is 0.344 e. The number of nitrogens with zero attached hydrogens (tertiary/aromatic N) is 1. The maximum absolute atomic E-state index is 12.4. The Hall–Kier alpha value is -4.50. The van der Waals surface area contributed by atoms with Gasteiger partial charge in [-0.05, 0) is 50.6 Å². The number of esters is 2. The molecule has 2 aromatic rings. The number of allylic oxidation sites excluding steroid dienone is 1. The summed E-state index contributed by atoms with van der Waals surface area (Å²) in [6.07, 6.45) is 0.151. The molecule has 0 aliphatic carbocycles. The van der Waals surface area contributed by atoms with Gasteiger partial charge in [-0.25, -0.2) is 14.4 Å². The second-order valence-corrected chi connectivity index (χ2v) is 9.95. The summed E-state index contributed by atoms with van der Waals surface area (Å²) in [7, 11) is 2.72. The molecule has 0 fully saturated rings. The van der Waals surface area contributed by atoms with E-state index in [1.54, 1.807) is 51.1 Å². The zero-order chi connectivity index (χ0) is 32.2. The third-order valence-corrected chi connectivity index (χ3v) is 6.47. The summed E-state index contributed by atoms with van der Waals surface area (Å²) < 4.78 is 33.0. The van der Waals surface area contributed by atoms with E-state index in [1.165, 1.54) is 20.4 Å². The van der Waals surface area contributed by atoms with Crippen LogP contribution in [0, 0.1) is 0 Å². The van der Waals surface area contributed by atoms with Gasteiger partial charge in [-0.3, -0.25) is 5.43 Å². The first-order valence-electron chi connectivity index (χ1n) is 13.5. The number of hydrogen-bond donors (Lipinski definition) is 4. The Morgan fingerprint density at radius 3 is 2.55 bits per heavy atom. The van der Waals surface area contributed by atoms with E-state index in [4.69, 9.17) is 28.4 Å². The number of carbonyl (C=O) groups is 3. The predicted molar refractivity (Wildman–Crippen MR) is 162 cm³/mol. The fourth-order valence-electron chi connectivity index (χ4n) is 4.14. The quantitative estimate of drug-likeness (QED) is 0.0943. The van der Waals surface area contributed by atoms with Gasteiger partial charge in [-0.2, -0.15) is 5.10 Å². The van der Waals surface area contributed by atoms with Crippen LogP contribution >= 0.6 is 15.9 Å². The molecule has 14 nitrogen and oxygen atoms in total. The number of hydrogen-bond acceptors (Lipinski definition) is 12. The highest BCUT2D eigenvalue weighted by atomic mass is 79.9. The summed E-state index contributed by atoms with van der Waals surface area (Å²) in [5.74, 6) is 0.127. The number of benzene rings is 2. The molecule has 238 valence electrons. The Morgan fingerprint density at radius 2 is 1.86 bits per heavy atom. The number of carbonyl (C=O) groups excluding carboxylic acids is 3. The average molecular weight is 680 g/mol. The van der Waals surface area contributed by atoms with E-state index in [0.717, 1.165) is 0 Å². The highest BCUT2D eigenvalue weighted by Crippen LogP contribution is 2.36. The van der Waals surface area contributed by atoms with Crippen molar-refractivity contribution in [3.05, 3.63) is 57.2 Å². The van der Waals surface area contributed by atoms with Gasteiger partial charge >= 0.3 is 18.0 Å². The molecule has 2 atom stereocenters. The molecule has 0 aromatic heterocycles. The van der Waals surface area contributed by atoms with Crippen LogP contribution in [0.25, 0.3) is 0 Å². The molecule has 44 heavy (non-hydrogen) atoms. The van der Waals surface area contributed by atoms with E-state index in [2.05, 4.69) is 37.1 Å². The Balaban J connectivity index is 1.71. The SMILES string of the molecule is CCOC(=O)COc1c(/C=N/N[C@@H](O)COc2ccc([C@@H]3NC(=O)NC(C)=C3C(=O)OC)cc2OCC)cc(Br)cc1OC. The van der Waals surface area contributed by atoms with Crippen LogP contribution in [0.3, 0.4) is 0 Å². The van der Waals surface area contributed by atoms with Crippen molar-refractivity contribution >= 4 is 40.1 Å². The second-order valence-electron chi connectivity index (χ2n) is 9.04. The number of methoxy groups -OCH3 is 2. The zero-order valence-electron chi connectivity index (χ0n) is 24.9. The number of aliphatic hydroxyl groups excluding tert-OH is 1. The summed E-state index contributed by atoms with van der Waals surface area (Å²) in [6, 6.07) is 7.03. The van der Waals surface area contributed by atoms with Gasteiger partial charge in [0.1, 0.15) is 6.61 Å². The molecule has 1 aliphatic rings. The van der Waals surface area contributed by atoms with Crippen LogP contribution < -0.4 is 35.0 Å². The number of amides is 2. The molecule has 1 aliphatic heterocycles. The van der Waals surface area contributed by atoms with Gasteiger partial charge in [0.25, 0.3) is 0 Å². The van der Waals surface area contributed by atoms with Crippen LogP contribution in [0.2, 0.25) is 0 Å². The number of rotatable bonds is 15. The highest BCUT2D eigenvalue weighted by molar-refractivity contribution is 9.10. The molecular formula is C29H35BrN4O10. The molecule has 0 spiro atoms. The Morgan fingerprint density at radius 1 is 1.09 bits per heavy atom. The van der Waals surface area contributed by atoms with Gasteiger partial charge in [0.05, 0.1) is 45.3 Å². The molecule has 0 saturated carbocycles. The molecule has 0 bridgehead atoms. The van der Waals surface area contributed by atoms with Crippen LogP contribution in [-0.4, -0.2) is 76.2 Å². The van der Waals surface area contributed by atoms with Crippen LogP contribution in [0.4, 0.5) is 4.79 Å². The number of aliphatic hydroxyl groups is 1. The van der Waals surface area contributed by atoms with E-state index in [9.17, 15) is 19.5 Å². The summed E-state index contributed by atoms with van der Waals surface area (Å²) in [6.45, 7) is 5.07. The fraction of sp³-hybridized carbons (Fsp3) is 0.379. The monoisotopic (exact) mass is 678 g/mol. The van der Waals surface area contributed by atoms with E-state index < -0.39 is 30.2 Å². The van der Waals surface area contributed by atoms with Crippen molar-refractivity contribution in [1.29, 1.82) is 0 Å². The van der Waals surface area contributed by atoms with Gasteiger partial charge in [0, 0.05) is 15.7 Å². The van der Waals surface area contributed by atoms with Gasteiger partial charge in [0.2, 0.25) is 0 Å². The number of halogens is 1. The number of hydrazone groups is 1. The van der Waals surface area contributed by atoms with Crippen molar-refractivity contribution in [1.82, 2.24) is 16.1 Å². The molecule has 0 unspecified atom stereocenters. The summed E-state index contributed by atoms with van der Waals surface area (Å²) in [4.78, 5) is 36.4. The van der Waals surface area contributed by atoms with Gasteiger partial charge in [0.15, 0.2) is 35.8 Å². The first-order chi connectivity index (χ1) is 21.1. The third-order valence-electron chi connectivity index (χ3n) is 6.01. The molecule has 2 aromatic carbocycles. The van der Waals surface area contributed by atoms with Crippen molar-refractivity contribution in [2.24, 2.45) is 5.10 Å². The minimum atomic E-state index is -1.24. The zero-order valence-corrected chi connectivity index (χ0v) is 26.5. The van der Waals surface area contributed by atoms with Crippen LogP contribution in [0.5, 0.6) is 23.0 Å². The molecule has 1 heterocycles. The third kappa shape index (κ3) is 9.00. The number of nitrogens with one attached hydrogen (secondary N) is 3. The lowest BCUT2D eigenvalue weighted by molar-refractivity contribution is -0.145. The summed E-state index contributed by atoms with van der Waals surface area (Å²) in [5.41, 5.74) is 4.20. The Bertz CT molecular complexity index is 1410. The average Bonchev–Trinajstić information content (AvgIpc) is 2.99. The molecule has 4 N–H and O–H groups in total. The van der Waals surface area contributed by atoms with E-state index >= 15 is 0 Å². The molecule has 15 heteroatoms. The first-order valence-corrected chi connectivity index (χ1v) is 14.3. The highest BCUT2D eigenvalue weighted by Gasteiger charge is 2.32. The fourth-order valence-corrected chi connectivity index (χ4v) is 4.59. The maximum Gasteiger partial charge on any atom is 0.344 e. The normalized spacial score (nSPS) is 15.2. The Kier molecular flexibility index (Phi) is 12.7. The van der Waals surface area contributed by atoms with Crippen LogP contribution in [0.1, 0.15) is 37.9 Å². The molecule has 2 amide bonds. The topological polar surface area (TPSA) is 175 Å². The molecule has 3 rings (SSSR count). The predicted octanol–water partition coefficient (Wildman–Crippen LogP) is 2.92. The van der Waals surface area contributed by atoms with Crippen LogP contribution in [0.15, 0.2) is 51.2 Å². The summed E-state index contributed by atoms with van der Waals surface area (Å²) >= 11 is 3.39. The van der Waals surface area contributed by atoms with Crippen molar-refractivity contribution in [2.45, 2.75) is 33.0 Å². The number of ether oxygens (including phenoxy) is 6. The van der Waals surface area contributed by atoms with E-state index in [1.807, 2.05) is 0 Å². The van der Waals surface area contributed by atoms with Crippen LogP contribution in [-0.2, 0) is 19.1 Å². The Labute approximate surface area is 262 Å². The van der Waals surface area contributed by atoms with Crippen molar-refractivity contribution < 1.29 is 47.9 Å².